The number of para-hydroxylation sites is 1. The van der Waals surface area contributed by atoms with Gasteiger partial charge in [-0.3, -0.25) is 9.59 Å². The zero-order chi connectivity index (χ0) is 30.7. The Balaban J connectivity index is 1.14. The number of hydrogen-bond donors (Lipinski definition) is 1. The highest BCUT2D eigenvalue weighted by Gasteiger charge is 2.75. The van der Waals surface area contributed by atoms with Crippen LogP contribution in [0.2, 0.25) is 0 Å². The van der Waals surface area contributed by atoms with Crippen molar-refractivity contribution in [2.45, 2.75) is 83.4 Å². The number of carbonyl (C=O) groups excluding carboxylic acids is 2. The van der Waals surface area contributed by atoms with E-state index in [1.807, 2.05) is 48.5 Å². The molecule has 4 aliphatic carbocycles. The Kier molecular flexibility index (Phi) is 7.34. The number of allylic oxidation sites excluding steroid dienone is 4. The molecule has 5 aliphatic rings. The van der Waals surface area contributed by atoms with Gasteiger partial charge < -0.3 is 24.1 Å². The van der Waals surface area contributed by atoms with Gasteiger partial charge >= 0.3 is 0 Å². The summed E-state index contributed by atoms with van der Waals surface area (Å²) in [5.41, 5.74) is -1.09. The van der Waals surface area contributed by atoms with Gasteiger partial charge in [0, 0.05) is 16.7 Å². The average molecular weight is 599 g/mol. The number of benzene rings is 2. The number of hydrogen-bond acceptors (Lipinski definition) is 7. The third-order valence-corrected chi connectivity index (χ3v) is 11.4. The molecular weight excluding hydrogens is 556 g/mol. The molecule has 3 saturated carbocycles. The summed E-state index contributed by atoms with van der Waals surface area (Å²) in [6.45, 7) is 6.23. The Morgan fingerprint density at radius 3 is 2.52 bits per heavy atom. The van der Waals surface area contributed by atoms with Crippen LogP contribution in [-0.4, -0.2) is 47.4 Å². The lowest BCUT2D eigenvalue weighted by molar-refractivity contribution is -0.200. The highest BCUT2D eigenvalue weighted by atomic mass is 16.7. The van der Waals surface area contributed by atoms with Gasteiger partial charge in [-0.25, -0.2) is 0 Å². The molecule has 6 unspecified atom stereocenters. The normalized spacial score (nSPS) is 38.6. The minimum Gasteiger partial charge on any atom is -0.486 e. The zero-order valence-corrected chi connectivity index (χ0v) is 25.7. The van der Waals surface area contributed by atoms with Crippen molar-refractivity contribution in [1.82, 2.24) is 0 Å². The molecule has 0 spiro atoms. The smallest absolute Gasteiger partial charge is 0.205 e. The molecule has 1 aliphatic heterocycles. The maximum Gasteiger partial charge on any atom is 0.205 e. The summed E-state index contributed by atoms with van der Waals surface area (Å²) < 4.78 is 25.3. The van der Waals surface area contributed by atoms with Crippen molar-refractivity contribution < 1.29 is 33.6 Å². The van der Waals surface area contributed by atoms with Gasteiger partial charge in [-0.1, -0.05) is 57.0 Å². The fourth-order valence-corrected chi connectivity index (χ4v) is 9.49. The highest BCUT2D eigenvalue weighted by molar-refractivity contribution is 6.01. The number of aliphatic hydroxyl groups is 1. The number of Topliss-reactive ketones (excluding diaryl/α,β-unsaturated/α-hetero) is 1. The molecule has 0 radical (unpaired) electrons. The van der Waals surface area contributed by atoms with E-state index in [0.29, 0.717) is 30.8 Å². The van der Waals surface area contributed by atoms with Crippen molar-refractivity contribution in [1.29, 1.82) is 0 Å². The monoisotopic (exact) mass is 598 g/mol. The van der Waals surface area contributed by atoms with Crippen LogP contribution in [0, 0.1) is 28.6 Å². The Hall–Kier alpha value is -3.26. The molecule has 0 aromatic heterocycles. The second-order valence-electron chi connectivity index (χ2n) is 13.7. The van der Waals surface area contributed by atoms with Gasteiger partial charge in [0.1, 0.15) is 23.9 Å². The van der Waals surface area contributed by atoms with Gasteiger partial charge in [-0.05, 0) is 92.5 Å². The average Bonchev–Trinajstić information content (AvgIpc) is 3.49. The third kappa shape index (κ3) is 4.50. The summed E-state index contributed by atoms with van der Waals surface area (Å²) >= 11 is 0. The fraction of sp³-hybridized carbons (Fsp3) is 0.514. The molecule has 2 aromatic carbocycles. The summed E-state index contributed by atoms with van der Waals surface area (Å²) in [7, 11) is 0. The minimum atomic E-state index is -1.20. The van der Waals surface area contributed by atoms with E-state index < -0.39 is 29.5 Å². The molecule has 1 heterocycles. The lowest BCUT2D eigenvalue weighted by atomic mass is 9.46. The second-order valence-corrected chi connectivity index (χ2v) is 13.7. The number of aliphatic hydroxyl groups excluding tert-OH is 1. The fourth-order valence-electron chi connectivity index (χ4n) is 9.49. The molecule has 7 rings (SSSR count). The van der Waals surface area contributed by atoms with Crippen LogP contribution in [0.3, 0.4) is 0 Å². The maximum atomic E-state index is 14.4. The SMILES string of the molecule is CCCC1O[C@@H]2CC3C4CCC5=CC(=O)C=CC5(C)C4[C@@H](O)CC3(C)[C@]2(C(=O)COc2ccc(Oc3ccccc3)cc2)O1. The molecule has 44 heavy (non-hydrogen) atoms. The third-order valence-electron chi connectivity index (χ3n) is 11.4. The zero-order valence-electron chi connectivity index (χ0n) is 25.7. The van der Waals surface area contributed by atoms with Gasteiger partial charge in [-0.2, -0.15) is 0 Å². The van der Waals surface area contributed by atoms with E-state index >= 15 is 0 Å². The molecule has 1 saturated heterocycles. The van der Waals surface area contributed by atoms with Crippen LogP contribution in [0.25, 0.3) is 0 Å². The first-order chi connectivity index (χ1) is 21.2. The van der Waals surface area contributed by atoms with E-state index in [-0.39, 0.29) is 41.3 Å². The van der Waals surface area contributed by atoms with E-state index in [2.05, 4.69) is 20.8 Å². The van der Waals surface area contributed by atoms with Gasteiger partial charge in [-0.15, -0.1) is 0 Å². The van der Waals surface area contributed by atoms with Gasteiger partial charge in [0.15, 0.2) is 17.7 Å². The number of ether oxygens (including phenoxy) is 4. The van der Waals surface area contributed by atoms with E-state index in [4.69, 9.17) is 18.9 Å². The second kappa shape index (κ2) is 11.0. The molecule has 2 aromatic rings. The van der Waals surface area contributed by atoms with Gasteiger partial charge in [0.05, 0.1) is 12.2 Å². The van der Waals surface area contributed by atoms with Crippen LogP contribution in [-0.2, 0) is 19.1 Å². The number of carbonyl (C=O) groups is 2. The Morgan fingerprint density at radius 2 is 1.77 bits per heavy atom. The minimum absolute atomic E-state index is 0.0214. The van der Waals surface area contributed by atoms with Crippen molar-refractivity contribution in [3.63, 3.8) is 0 Å². The van der Waals surface area contributed by atoms with Crippen molar-refractivity contribution in [2.75, 3.05) is 6.61 Å². The maximum absolute atomic E-state index is 14.4. The summed E-state index contributed by atoms with van der Waals surface area (Å²) in [5, 5.41) is 11.9. The summed E-state index contributed by atoms with van der Waals surface area (Å²) in [6, 6.07) is 16.8. The van der Waals surface area contributed by atoms with E-state index in [0.717, 1.165) is 30.6 Å². The quantitative estimate of drug-likeness (QED) is 0.366. The van der Waals surface area contributed by atoms with Crippen LogP contribution in [0.1, 0.15) is 59.3 Å². The standard InChI is InChI=1S/C37H42O7/c1-4-8-33-43-32-20-29-28-16-11-23-19-24(38)17-18-35(23,2)34(28)30(39)21-36(29,3)37(32,44-33)31(40)22-41-25-12-14-27(15-13-25)42-26-9-6-5-7-10-26/h5-7,9-10,12-15,17-19,28-30,32-34,39H,4,8,11,16,20-22H2,1-3H3/t28?,29?,30-,32+,33?,34?,35?,36?,37+/m0/s1. The first-order valence-electron chi connectivity index (χ1n) is 16.1. The number of rotatable bonds is 8. The van der Waals surface area contributed by atoms with Gasteiger partial charge in [0.2, 0.25) is 5.78 Å². The molecule has 9 atom stereocenters. The summed E-state index contributed by atoms with van der Waals surface area (Å²) in [4.78, 5) is 26.6. The molecule has 232 valence electrons. The molecule has 1 N–H and O–H groups in total. The molecule has 0 bridgehead atoms. The van der Waals surface area contributed by atoms with Crippen LogP contribution < -0.4 is 9.47 Å². The van der Waals surface area contributed by atoms with E-state index in [1.54, 1.807) is 24.3 Å². The van der Waals surface area contributed by atoms with E-state index in [1.165, 1.54) is 0 Å². The molecule has 4 fully saturated rings. The summed E-state index contributed by atoms with van der Waals surface area (Å²) in [5.74, 6) is 2.15. The first kappa shape index (κ1) is 29.5. The molecule has 7 nitrogen and oxygen atoms in total. The largest absolute Gasteiger partial charge is 0.486 e. The lowest BCUT2D eigenvalue weighted by Gasteiger charge is -2.59. The Labute approximate surface area is 259 Å². The van der Waals surface area contributed by atoms with Crippen LogP contribution in [0.5, 0.6) is 17.2 Å². The van der Waals surface area contributed by atoms with Gasteiger partial charge in [0.25, 0.3) is 0 Å². The molecule has 0 amide bonds. The van der Waals surface area contributed by atoms with Crippen LogP contribution in [0.15, 0.2) is 78.4 Å². The lowest BCUT2D eigenvalue weighted by Crippen LogP contribution is -2.63. The van der Waals surface area contributed by atoms with Crippen molar-refractivity contribution in [3.8, 4) is 17.2 Å². The first-order valence-corrected chi connectivity index (χ1v) is 16.1. The highest BCUT2D eigenvalue weighted by Crippen LogP contribution is 2.69. The van der Waals surface area contributed by atoms with Crippen LogP contribution in [0.4, 0.5) is 0 Å². The summed E-state index contributed by atoms with van der Waals surface area (Å²) in [6.07, 6.45) is 8.33. The number of fused-ring (bicyclic) bond motifs is 7. The predicted octanol–water partition coefficient (Wildman–Crippen LogP) is 6.60. The van der Waals surface area contributed by atoms with Crippen molar-refractivity contribution in [2.24, 2.45) is 28.6 Å². The van der Waals surface area contributed by atoms with Crippen molar-refractivity contribution in [3.05, 3.63) is 78.4 Å². The van der Waals surface area contributed by atoms with E-state index in [9.17, 15) is 14.7 Å². The topological polar surface area (TPSA) is 91.3 Å². The molecular formula is C37H42O7. The molecule has 7 heteroatoms. The predicted molar refractivity (Wildman–Crippen MR) is 164 cm³/mol. The number of ketones is 2. The Bertz CT molecular complexity index is 1480. The van der Waals surface area contributed by atoms with Crippen molar-refractivity contribution >= 4 is 11.6 Å². The van der Waals surface area contributed by atoms with Crippen LogP contribution >= 0.6 is 0 Å². The Morgan fingerprint density at radius 1 is 1.05 bits per heavy atom.